The highest BCUT2D eigenvalue weighted by Crippen LogP contribution is 2.43. The van der Waals surface area contributed by atoms with Crippen molar-refractivity contribution in [1.82, 2.24) is 10.2 Å². The van der Waals surface area contributed by atoms with E-state index in [0.717, 1.165) is 32.2 Å². The molecule has 1 N–H and O–H groups in total. The molecule has 2 aliphatic carbocycles. The van der Waals surface area contributed by atoms with Crippen LogP contribution in [-0.2, 0) is 4.79 Å². The molecule has 1 spiro atoms. The number of hydrogen-bond acceptors (Lipinski definition) is 4. The van der Waals surface area contributed by atoms with Crippen molar-refractivity contribution in [3.63, 3.8) is 0 Å². The van der Waals surface area contributed by atoms with Gasteiger partial charge >= 0.3 is 0 Å². The standard InChI is InChI=1S/C16H19N3O2/c17-9-12-5-6-13(21-12)14-18-16(7-1-2-8-16)15(20)19(14)10-11-3-4-11/h5-6,11,14,18H,1-4,7-8,10H2. The Hall–Kier alpha value is -1.80. The zero-order chi connectivity index (χ0) is 14.4. The average molecular weight is 285 g/mol. The van der Waals surface area contributed by atoms with Gasteiger partial charge in [0.1, 0.15) is 18.0 Å². The molecule has 2 heterocycles. The molecule has 5 heteroatoms. The van der Waals surface area contributed by atoms with Crippen molar-refractivity contribution in [2.75, 3.05) is 6.54 Å². The molecule has 1 aromatic rings. The summed E-state index contributed by atoms with van der Waals surface area (Å²) in [6, 6.07) is 5.51. The van der Waals surface area contributed by atoms with Gasteiger partial charge in [0.05, 0.1) is 5.54 Å². The van der Waals surface area contributed by atoms with Gasteiger partial charge in [-0.3, -0.25) is 10.1 Å². The van der Waals surface area contributed by atoms with Gasteiger partial charge in [-0.2, -0.15) is 5.26 Å². The fourth-order valence-corrected chi connectivity index (χ4v) is 3.68. The summed E-state index contributed by atoms with van der Waals surface area (Å²) in [5.41, 5.74) is -0.390. The van der Waals surface area contributed by atoms with E-state index in [2.05, 4.69) is 5.32 Å². The Morgan fingerprint density at radius 2 is 2.14 bits per heavy atom. The van der Waals surface area contributed by atoms with Crippen LogP contribution in [0.3, 0.4) is 0 Å². The molecule has 3 aliphatic rings. The molecule has 21 heavy (non-hydrogen) atoms. The SMILES string of the molecule is N#Cc1ccc(C2NC3(CCCC3)C(=O)N2CC2CC2)o1. The van der Waals surface area contributed by atoms with E-state index in [0.29, 0.717) is 17.4 Å². The van der Waals surface area contributed by atoms with Crippen LogP contribution in [0.4, 0.5) is 0 Å². The van der Waals surface area contributed by atoms with Crippen molar-refractivity contribution in [2.45, 2.75) is 50.2 Å². The third kappa shape index (κ3) is 2.06. The Morgan fingerprint density at radius 1 is 1.38 bits per heavy atom. The number of nitrogens with zero attached hydrogens (tertiary/aromatic N) is 2. The van der Waals surface area contributed by atoms with E-state index in [1.165, 1.54) is 12.8 Å². The average Bonchev–Trinajstić information content (AvgIpc) is 2.92. The molecule has 1 aromatic heterocycles. The molecule has 0 bridgehead atoms. The van der Waals surface area contributed by atoms with Crippen molar-refractivity contribution < 1.29 is 9.21 Å². The third-order valence-electron chi connectivity index (χ3n) is 5.01. The molecule has 1 saturated heterocycles. The van der Waals surface area contributed by atoms with Crippen LogP contribution in [0, 0.1) is 17.2 Å². The van der Waals surface area contributed by atoms with Crippen molar-refractivity contribution in [3.8, 4) is 6.07 Å². The highest BCUT2D eigenvalue weighted by atomic mass is 16.3. The van der Waals surface area contributed by atoms with Gasteiger partial charge in [-0.1, -0.05) is 12.8 Å². The number of hydrogen-bond donors (Lipinski definition) is 1. The van der Waals surface area contributed by atoms with Crippen LogP contribution in [0.15, 0.2) is 16.5 Å². The zero-order valence-electron chi connectivity index (χ0n) is 12.0. The number of furan rings is 1. The maximum atomic E-state index is 12.9. The second-order valence-corrected chi connectivity index (χ2v) is 6.55. The number of nitrogens with one attached hydrogen (secondary N) is 1. The van der Waals surface area contributed by atoms with Gasteiger partial charge in [-0.15, -0.1) is 0 Å². The molecule has 2 saturated carbocycles. The van der Waals surface area contributed by atoms with E-state index >= 15 is 0 Å². The lowest BCUT2D eigenvalue weighted by molar-refractivity contribution is -0.133. The molecule has 0 aromatic carbocycles. The Morgan fingerprint density at radius 3 is 2.76 bits per heavy atom. The quantitative estimate of drug-likeness (QED) is 0.925. The minimum Gasteiger partial charge on any atom is -0.447 e. The number of nitriles is 1. The lowest BCUT2D eigenvalue weighted by atomic mass is 9.98. The number of carbonyl (C=O) groups is 1. The number of rotatable bonds is 3. The van der Waals surface area contributed by atoms with Crippen LogP contribution >= 0.6 is 0 Å². The van der Waals surface area contributed by atoms with Gasteiger partial charge in [0.25, 0.3) is 0 Å². The van der Waals surface area contributed by atoms with E-state index in [9.17, 15) is 4.79 Å². The highest BCUT2D eigenvalue weighted by Gasteiger charge is 2.54. The van der Waals surface area contributed by atoms with E-state index in [4.69, 9.17) is 9.68 Å². The summed E-state index contributed by atoms with van der Waals surface area (Å²) in [6.07, 6.45) is 6.24. The van der Waals surface area contributed by atoms with Gasteiger partial charge in [-0.25, -0.2) is 0 Å². The maximum absolute atomic E-state index is 12.9. The van der Waals surface area contributed by atoms with E-state index in [1.54, 1.807) is 6.07 Å². The molecule has 1 atom stereocenters. The second kappa shape index (κ2) is 4.60. The van der Waals surface area contributed by atoms with Crippen LogP contribution in [0.1, 0.15) is 56.2 Å². The first kappa shape index (κ1) is 12.9. The van der Waals surface area contributed by atoms with E-state index in [-0.39, 0.29) is 17.6 Å². The Bertz CT molecular complexity index is 605. The summed E-state index contributed by atoms with van der Waals surface area (Å²) in [5, 5.41) is 12.5. The monoisotopic (exact) mass is 285 g/mol. The summed E-state index contributed by atoms with van der Waals surface area (Å²) < 4.78 is 5.58. The largest absolute Gasteiger partial charge is 0.447 e. The van der Waals surface area contributed by atoms with Crippen molar-refractivity contribution in [3.05, 3.63) is 23.7 Å². The van der Waals surface area contributed by atoms with Crippen LogP contribution in [0.5, 0.6) is 0 Å². The minimum atomic E-state index is -0.390. The van der Waals surface area contributed by atoms with Gasteiger partial charge in [0.2, 0.25) is 11.7 Å². The van der Waals surface area contributed by atoms with Gasteiger partial charge < -0.3 is 9.32 Å². The fraction of sp³-hybridized carbons (Fsp3) is 0.625. The van der Waals surface area contributed by atoms with Crippen molar-refractivity contribution in [1.29, 1.82) is 5.26 Å². The molecule has 110 valence electrons. The fourth-order valence-electron chi connectivity index (χ4n) is 3.68. The highest BCUT2D eigenvalue weighted by molar-refractivity contribution is 5.89. The molecule has 1 amide bonds. The predicted octanol–water partition coefficient (Wildman–Crippen LogP) is 2.30. The first-order valence-electron chi connectivity index (χ1n) is 7.80. The second-order valence-electron chi connectivity index (χ2n) is 6.55. The summed E-state index contributed by atoms with van der Waals surface area (Å²) in [6.45, 7) is 0.806. The molecule has 4 rings (SSSR count). The lowest BCUT2D eigenvalue weighted by Gasteiger charge is -2.22. The third-order valence-corrected chi connectivity index (χ3v) is 5.01. The molecule has 3 fully saturated rings. The van der Waals surface area contributed by atoms with Gasteiger partial charge in [-0.05, 0) is 43.7 Å². The van der Waals surface area contributed by atoms with Crippen LogP contribution in [0.2, 0.25) is 0 Å². The Labute approximate surface area is 123 Å². The number of amides is 1. The Balaban J connectivity index is 1.66. The van der Waals surface area contributed by atoms with Gasteiger partial charge in [0, 0.05) is 6.54 Å². The first-order chi connectivity index (χ1) is 10.2. The van der Waals surface area contributed by atoms with Crippen molar-refractivity contribution in [2.24, 2.45) is 5.92 Å². The molecule has 1 aliphatic heterocycles. The zero-order valence-corrected chi connectivity index (χ0v) is 12.0. The normalized spacial score (nSPS) is 27.5. The number of carbonyl (C=O) groups excluding carboxylic acids is 1. The summed E-state index contributed by atoms with van der Waals surface area (Å²) >= 11 is 0. The Kier molecular flexibility index (Phi) is 2.83. The topological polar surface area (TPSA) is 69.3 Å². The molecular formula is C16H19N3O2. The molecule has 1 unspecified atom stereocenters. The maximum Gasteiger partial charge on any atom is 0.244 e. The van der Waals surface area contributed by atoms with E-state index in [1.807, 2.05) is 17.0 Å². The summed E-state index contributed by atoms with van der Waals surface area (Å²) in [7, 11) is 0. The smallest absolute Gasteiger partial charge is 0.244 e. The van der Waals surface area contributed by atoms with E-state index < -0.39 is 0 Å². The molecule has 5 nitrogen and oxygen atoms in total. The van der Waals surface area contributed by atoms with Crippen molar-refractivity contribution >= 4 is 5.91 Å². The van der Waals surface area contributed by atoms with Crippen LogP contribution < -0.4 is 5.32 Å². The predicted molar refractivity (Wildman–Crippen MR) is 74.9 cm³/mol. The molecular weight excluding hydrogens is 266 g/mol. The lowest BCUT2D eigenvalue weighted by Crippen LogP contribution is -2.44. The first-order valence-corrected chi connectivity index (χ1v) is 7.80. The van der Waals surface area contributed by atoms with Gasteiger partial charge in [0.15, 0.2) is 0 Å². The molecule has 0 radical (unpaired) electrons. The minimum absolute atomic E-state index is 0.210. The summed E-state index contributed by atoms with van der Waals surface area (Å²) in [4.78, 5) is 14.9. The van der Waals surface area contributed by atoms with Crippen LogP contribution in [-0.4, -0.2) is 22.9 Å². The summed E-state index contributed by atoms with van der Waals surface area (Å²) in [5.74, 6) is 1.86. The van der Waals surface area contributed by atoms with Crippen LogP contribution in [0.25, 0.3) is 0 Å².